The molecule has 1 atom stereocenters. The summed E-state index contributed by atoms with van der Waals surface area (Å²) in [6, 6.07) is 5.64. The van der Waals surface area contributed by atoms with Crippen LogP contribution in [0.3, 0.4) is 0 Å². The Labute approximate surface area is 145 Å². The van der Waals surface area contributed by atoms with Crippen LogP contribution in [0.1, 0.15) is 51.0 Å². The number of H-pyrrole nitrogens is 1. The van der Waals surface area contributed by atoms with E-state index >= 15 is 0 Å². The van der Waals surface area contributed by atoms with Crippen LogP contribution in [0.2, 0.25) is 0 Å². The molecule has 1 fully saturated rings. The van der Waals surface area contributed by atoms with Crippen molar-refractivity contribution < 1.29 is 14.3 Å². The number of rotatable bonds is 3. The number of hydrogen-bond donors (Lipinski definition) is 2. The highest BCUT2D eigenvalue weighted by atomic mass is 16.6. The van der Waals surface area contributed by atoms with Gasteiger partial charge in [0.05, 0.1) is 23.7 Å². The number of alkyl carbamates (subject to hydrolysis) is 1. The lowest BCUT2D eigenvalue weighted by molar-refractivity contribution is 0.0523. The maximum absolute atomic E-state index is 12.3. The molecule has 7 heteroatoms. The molecule has 0 bridgehead atoms. The second-order valence-electron chi connectivity index (χ2n) is 7.13. The van der Waals surface area contributed by atoms with Crippen LogP contribution in [-0.4, -0.2) is 28.5 Å². The Morgan fingerprint density at radius 3 is 2.92 bits per heavy atom. The number of benzene rings is 1. The molecule has 0 aliphatic carbocycles. The van der Waals surface area contributed by atoms with E-state index in [4.69, 9.17) is 9.47 Å². The topological polar surface area (TPSA) is 93.3 Å². The van der Waals surface area contributed by atoms with Crippen molar-refractivity contribution in [3.63, 3.8) is 0 Å². The van der Waals surface area contributed by atoms with Crippen molar-refractivity contribution in [2.24, 2.45) is 0 Å². The fraction of sp³-hybridized carbons (Fsp3) is 0.500. The fourth-order valence-corrected chi connectivity index (χ4v) is 2.99. The molecule has 7 nitrogen and oxygen atoms in total. The Kier molecular flexibility index (Phi) is 4.76. The minimum absolute atomic E-state index is 0.0705. The van der Waals surface area contributed by atoms with Gasteiger partial charge in [-0.2, -0.15) is 5.10 Å². The van der Waals surface area contributed by atoms with Crippen molar-refractivity contribution >= 4 is 16.9 Å². The summed E-state index contributed by atoms with van der Waals surface area (Å²) in [5.74, 6) is 0. The molecule has 1 aromatic heterocycles. The summed E-state index contributed by atoms with van der Waals surface area (Å²) in [5, 5.41) is 10.6. The van der Waals surface area contributed by atoms with E-state index in [1.54, 1.807) is 20.8 Å². The smallest absolute Gasteiger partial charge is 0.407 e. The van der Waals surface area contributed by atoms with Crippen molar-refractivity contribution in [2.75, 3.05) is 6.61 Å². The van der Waals surface area contributed by atoms with Gasteiger partial charge < -0.3 is 14.8 Å². The van der Waals surface area contributed by atoms with Gasteiger partial charge in [-0.3, -0.25) is 4.79 Å². The maximum atomic E-state index is 12.3. The van der Waals surface area contributed by atoms with E-state index in [1.807, 2.05) is 18.2 Å². The number of aromatic amines is 1. The minimum Gasteiger partial charge on any atom is -0.444 e. The Morgan fingerprint density at radius 2 is 2.24 bits per heavy atom. The first-order valence-corrected chi connectivity index (χ1v) is 8.44. The lowest BCUT2D eigenvalue weighted by atomic mass is 9.99. The molecular formula is C18H23N3O4. The van der Waals surface area contributed by atoms with E-state index in [9.17, 15) is 9.59 Å². The van der Waals surface area contributed by atoms with E-state index in [0.29, 0.717) is 23.1 Å². The highest BCUT2D eigenvalue weighted by molar-refractivity contribution is 5.87. The molecule has 2 aromatic rings. The summed E-state index contributed by atoms with van der Waals surface area (Å²) >= 11 is 0. The van der Waals surface area contributed by atoms with Crippen LogP contribution in [0, 0.1) is 0 Å². The van der Waals surface area contributed by atoms with Crippen LogP contribution in [0.4, 0.5) is 4.79 Å². The third-order valence-corrected chi connectivity index (χ3v) is 4.00. The molecule has 0 spiro atoms. The summed E-state index contributed by atoms with van der Waals surface area (Å²) < 4.78 is 11.0. The van der Waals surface area contributed by atoms with Gasteiger partial charge in [0, 0.05) is 12.0 Å². The first-order chi connectivity index (χ1) is 11.8. The molecule has 2 heterocycles. The number of hydrogen-bond acceptors (Lipinski definition) is 5. The average molecular weight is 345 g/mol. The normalized spacial score (nSPS) is 17.6. The SMILES string of the molecule is CC(C)(C)OC(=O)NCc1n[nH]c(=O)c2c([C@@H]3CCCO3)cccc12. The van der Waals surface area contributed by atoms with Crippen molar-refractivity contribution in [3.05, 3.63) is 39.8 Å². The number of aromatic nitrogens is 2. The second-order valence-corrected chi connectivity index (χ2v) is 7.13. The number of carbonyl (C=O) groups excluding carboxylic acids is 1. The van der Waals surface area contributed by atoms with E-state index in [-0.39, 0.29) is 18.2 Å². The number of ether oxygens (including phenoxy) is 2. The predicted molar refractivity (Wildman–Crippen MR) is 93.4 cm³/mol. The Morgan fingerprint density at radius 1 is 1.44 bits per heavy atom. The van der Waals surface area contributed by atoms with Crippen molar-refractivity contribution in [1.82, 2.24) is 15.5 Å². The second kappa shape index (κ2) is 6.84. The Bertz CT molecular complexity index is 832. The zero-order valence-corrected chi connectivity index (χ0v) is 14.7. The predicted octanol–water partition coefficient (Wildman–Crippen LogP) is 2.80. The fourth-order valence-electron chi connectivity index (χ4n) is 2.99. The largest absolute Gasteiger partial charge is 0.444 e. The van der Waals surface area contributed by atoms with Gasteiger partial charge in [-0.15, -0.1) is 0 Å². The van der Waals surface area contributed by atoms with E-state index in [0.717, 1.165) is 18.4 Å². The average Bonchev–Trinajstić information content (AvgIpc) is 3.06. The molecular weight excluding hydrogens is 322 g/mol. The van der Waals surface area contributed by atoms with Crippen LogP contribution in [-0.2, 0) is 16.0 Å². The maximum Gasteiger partial charge on any atom is 0.407 e. The van der Waals surface area contributed by atoms with Gasteiger partial charge in [0.25, 0.3) is 5.56 Å². The van der Waals surface area contributed by atoms with Gasteiger partial charge in [0.2, 0.25) is 0 Å². The third-order valence-electron chi connectivity index (χ3n) is 4.00. The van der Waals surface area contributed by atoms with Crippen molar-refractivity contribution in [3.8, 4) is 0 Å². The van der Waals surface area contributed by atoms with E-state index in [2.05, 4.69) is 15.5 Å². The van der Waals surface area contributed by atoms with Crippen LogP contribution < -0.4 is 10.9 Å². The summed E-state index contributed by atoms with van der Waals surface area (Å²) in [5.41, 5.74) is 0.636. The Balaban J connectivity index is 1.89. The highest BCUT2D eigenvalue weighted by Gasteiger charge is 2.22. The zero-order chi connectivity index (χ0) is 18.0. The van der Waals surface area contributed by atoms with E-state index in [1.165, 1.54) is 0 Å². The zero-order valence-electron chi connectivity index (χ0n) is 14.7. The molecule has 0 radical (unpaired) electrons. The summed E-state index contributed by atoms with van der Waals surface area (Å²) in [6.45, 7) is 6.27. The number of nitrogens with zero attached hydrogens (tertiary/aromatic N) is 1. The van der Waals surface area contributed by atoms with Crippen LogP contribution in [0.15, 0.2) is 23.0 Å². The summed E-state index contributed by atoms with van der Waals surface area (Å²) in [6.07, 6.45) is 1.28. The summed E-state index contributed by atoms with van der Waals surface area (Å²) in [7, 11) is 0. The van der Waals surface area contributed by atoms with Crippen LogP contribution >= 0.6 is 0 Å². The monoisotopic (exact) mass is 345 g/mol. The molecule has 1 aromatic carbocycles. The number of carbonyl (C=O) groups is 1. The quantitative estimate of drug-likeness (QED) is 0.892. The Hall–Kier alpha value is -2.41. The summed E-state index contributed by atoms with van der Waals surface area (Å²) in [4.78, 5) is 24.2. The van der Waals surface area contributed by atoms with Crippen molar-refractivity contribution in [1.29, 1.82) is 0 Å². The molecule has 0 unspecified atom stereocenters. The molecule has 1 aliphatic heterocycles. The van der Waals surface area contributed by atoms with Gasteiger partial charge in [0.15, 0.2) is 0 Å². The molecule has 0 saturated carbocycles. The van der Waals surface area contributed by atoms with Crippen LogP contribution in [0.5, 0.6) is 0 Å². The van der Waals surface area contributed by atoms with Gasteiger partial charge in [0.1, 0.15) is 5.60 Å². The minimum atomic E-state index is -0.572. The van der Waals surface area contributed by atoms with E-state index < -0.39 is 11.7 Å². The number of amides is 1. The van der Waals surface area contributed by atoms with Crippen LogP contribution in [0.25, 0.3) is 10.8 Å². The standard InChI is InChI=1S/C18H23N3O4/c1-18(2,3)25-17(23)19-10-13-11-6-4-7-12(14-8-5-9-24-14)15(11)16(22)21-20-13/h4,6-7,14H,5,8-10H2,1-3H3,(H,19,23)(H,21,22)/t14-/m0/s1. The lowest BCUT2D eigenvalue weighted by Crippen LogP contribution is -2.32. The molecule has 1 amide bonds. The molecule has 134 valence electrons. The lowest BCUT2D eigenvalue weighted by Gasteiger charge is -2.19. The molecule has 1 aliphatic rings. The molecule has 1 saturated heterocycles. The molecule has 25 heavy (non-hydrogen) atoms. The first kappa shape index (κ1) is 17.4. The van der Waals surface area contributed by atoms with Gasteiger partial charge >= 0.3 is 6.09 Å². The third kappa shape index (κ3) is 3.99. The highest BCUT2D eigenvalue weighted by Crippen LogP contribution is 2.32. The number of nitrogens with one attached hydrogen (secondary N) is 2. The number of fused-ring (bicyclic) bond motifs is 1. The molecule has 2 N–H and O–H groups in total. The van der Waals surface area contributed by atoms with Gasteiger partial charge in [-0.25, -0.2) is 9.89 Å². The van der Waals surface area contributed by atoms with Crippen molar-refractivity contribution in [2.45, 2.75) is 51.9 Å². The molecule has 3 rings (SSSR count). The van der Waals surface area contributed by atoms with Gasteiger partial charge in [-0.1, -0.05) is 18.2 Å². The first-order valence-electron chi connectivity index (χ1n) is 8.44. The van der Waals surface area contributed by atoms with Gasteiger partial charge in [-0.05, 0) is 39.2 Å².